The van der Waals surface area contributed by atoms with Gasteiger partial charge in [-0.05, 0) is 45.9 Å². The lowest BCUT2D eigenvalue weighted by atomic mass is 10.2. The summed E-state index contributed by atoms with van der Waals surface area (Å²) in [6.45, 7) is 8.04. The van der Waals surface area contributed by atoms with E-state index in [1.807, 2.05) is 6.07 Å². The van der Waals surface area contributed by atoms with Crippen LogP contribution < -0.4 is 10.6 Å². The second-order valence-electron chi connectivity index (χ2n) is 5.69. The van der Waals surface area contributed by atoms with Crippen molar-refractivity contribution < 1.29 is 19.1 Å². The predicted molar refractivity (Wildman–Crippen MR) is 86.0 cm³/mol. The van der Waals surface area contributed by atoms with Crippen molar-refractivity contribution in [3.05, 3.63) is 24.3 Å². The average Bonchev–Trinajstić information content (AvgIpc) is 2.37. The first-order chi connectivity index (χ1) is 10.3. The molecule has 122 valence electrons. The molecule has 0 unspecified atom stereocenters. The number of hydrogen-bond acceptors (Lipinski definition) is 5. The molecule has 0 aliphatic carbocycles. The third-order valence-corrected chi connectivity index (χ3v) is 2.47. The van der Waals surface area contributed by atoms with Crippen molar-refractivity contribution in [2.45, 2.75) is 39.7 Å². The maximum Gasteiger partial charge on any atom is 0.412 e. The molecule has 1 aromatic carbocycles. The smallest absolute Gasteiger partial charge is 0.412 e. The zero-order valence-electron chi connectivity index (χ0n) is 13.6. The van der Waals surface area contributed by atoms with Gasteiger partial charge in [0.1, 0.15) is 5.60 Å². The van der Waals surface area contributed by atoms with Crippen LogP contribution in [0.5, 0.6) is 0 Å². The molecule has 0 heterocycles. The van der Waals surface area contributed by atoms with Gasteiger partial charge in [-0.3, -0.25) is 10.1 Å². The molecule has 1 aromatic rings. The number of hydrogen-bond donors (Lipinski definition) is 2. The number of amides is 1. The molecule has 0 radical (unpaired) electrons. The average molecular weight is 308 g/mol. The topological polar surface area (TPSA) is 76.7 Å². The number of benzene rings is 1. The highest BCUT2D eigenvalue weighted by Crippen LogP contribution is 2.16. The number of ether oxygens (including phenoxy) is 2. The fourth-order valence-corrected chi connectivity index (χ4v) is 1.67. The molecular formula is C16H24N2O4. The molecule has 0 saturated heterocycles. The summed E-state index contributed by atoms with van der Waals surface area (Å²) in [5.41, 5.74) is 0.882. The normalized spacial score (nSPS) is 10.7. The highest BCUT2D eigenvalue weighted by molar-refractivity contribution is 5.85. The van der Waals surface area contributed by atoms with E-state index < -0.39 is 11.7 Å². The Labute approximate surface area is 131 Å². The zero-order valence-corrected chi connectivity index (χ0v) is 13.6. The quantitative estimate of drug-likeness (QED) is 0.788. The van der Waals surface area contributed by atoms with E-state index in [4.69, 9.17) is 9.47 Å². The molecule has 22 heavy (non-hydrogen) atoms. The van der Waals surface area contributed by atoms with Crippen molar-refractivity contribution in [3.63, 3.8) is 0 Å². The van der Waals surface area contributed by atoms with Gasteiger partial charge in [0, 0.05) is 17.9 Å². The predicted octanol–water partition coefficient (Wildman–Crippen LogP) is 3.40. The Morgan fingerprint density at radius 2 is 1.86 bits per heavy atom. The molecule has 0 fully saturated rings. The van der Waals surface area contributed by atoms with Gasteiger partial charge in [-0.15, -0.1) is 0 Å². The Morgan fingerprint density at radius 1 is 1.18 bits per heavy atom. The Hall–Kier alpha value is -2.24. The van der Waals surface area contributed by atoms with Crippen molar-refractivity contribution in [2.24, 2.45) is 0 Å². The summed E-state index contributed by atoms with van der Waals surface area (Å²) < 4.78 is 10.0. The highest BCUT2D eigenvalue weighted by Gasteiger charge is 2.16. The number of esters is 1. The third-order valence-electron chi connectivity index (χ3n) is 2.47. The van der Waals surface area contributed by atoms with E-state index in [9.17, 15) is 9.59 Å². The lowest BCUT2D eigenvalue weighted by Crippen LogP contribution is -2.27. The maximum atomic E-state index is 11.7. The molecule has 0 aromatic heterocycles. The van der Waals surface area contributed by atoms with E-state index in [1.165, 1.54) is 0 Å². The second-order valence-corrected chi connectivity index (χ2v) is 5.69. The van der Waals surface area contributed by atoms with Gasteiger partial charge in [0.25, 0.3) is 0 Å². The van der Waals surface area contributed by atoms with Gasteiger partial charge in [-0.25, -0.2) is 4.79 Å². The van der Waals surface area contributed by atoms with E-state index in [0.29, 0.717) is 18.8 Å². The Kier molecular flexibility index (Phi) is 6.69. The van der Waals surface area contributed by atoms with Crippen LogP contribution in [-0.2, 0) is 14.3 Å². The zero-order chi connectivity index (χ0) is 16.6. The maximum absolute atomic E-state index is 11.7. The molecule has 6 nitrogen and oxygen atoms in total. The van der Waals surface area contributed by atoms with Gasteiger partial charge in [0.15, 0.2) is 0 Å². The minimum Gasteiger partial charge on any atom is -0.466 e. The van der Waals surface area contributed by atoms with E-state index in [1.54, 1.807) is 45.9 Å². The summed E-state index contributed by atoms with van der Waals surface area (Å²) in [6.07, 6.45) is -0.214. The first kappa shape index (κ1) is 17.8. The van der Waals surface area contributed by atoms with Crippen LogP contribution >= 0.6 is 0 Å². The van der Waals surface area contributed by atoms with Crippen molar-refractivity contribution >= 4 is 23.4 Å². The van der Waals surface area contributed by atoms with Crippen LogP contribution in [0.2, 0.25) is 0 Å². The van der Waals surface area contributed by atoms with Gasteiger partial charge in [-0.1, -0.05) is 6.07 Å². The van der Waals surface area contributed by atoms with Crippen LogP contribution in [0, 0.1) is 0 Å². The number of carbonyl (C=O) groups is 2. The molecule has 1 rings (SSSR count). The summed E-state index contributed by atoms with van der Waals surface area (Å²) in [5.74, 6) is -0.238. The largest absolute Gasteiger partial charge is 0.466 e. The van der Waals surface area contributed by atoms with Gasteiger partial charge >= 0.3 is 12.1 Å². The standard InChI is InChI=1S/C16H24N2O4/c1-5-21-14(19)9-10-17-12-7-6-8-13(11-12)18-15(20)22-16(2,3)4/h6-8,11,17H,5,9-10H2,1-4H3,(H,18,20). The SMILES string of the molecule is CCOC(=O)CCNc1cccc(NC(=O)OC(C)(C)C)c1. The molecule has 0 atom stereocenters. The molecule has 0 saturated carbocycles. The van der Waals surface area contributed by atoms with Crippen molar-refractivity contribution in [1.29, 1.82) is 0 Å². The Balaban J connectivity index is 2.48. The highest BCUT2D eigenvalue weighted by atomic mass is 16.6. The molecule has 6 heteroatoms. The molecule has 0 aliphatic rings. The van der Waals surface area contributed by atoms with Gasteiger partial charge in [-0.2, -0.15) is 0 Å². The molecule has 0 bridgehead atoms. The number of rotatable bonds is 6. The summed E-state index contributed by atoms with van der Waals surface area (Å²) >= 11 is 0. The summed E-state index contributed by atoms with van der Waals surface area (Å²) in [5, 5.41) is 5.77. The van der Waals surface area contributed by atoms with E-state index in [2.05, 4.69) is 10.6 Å². The van der Waals surface area contributed by atoms with Crippen LogP contribution in [0.25, 0.3) is 0 Å². The lowest BCUT2D eigenvalue weighted by molar-refractivity contribution is -0.142. The molecule has 2 N–H and O–H groups in total. The second kappa shape index (κ2) is 8.26. The monoisotopic (exact) mass is 308 g/mol. The van der Waals surface area contributed by atoms with Gasteiger partial charge in [0.2, 0.25) is 0 Å². The first-order valence-corrected chi connectivity index (χ1v) is 7.29. The van der Waals surface area contributed by atoms with E-state index in [0.717, 1.165) is 5.69 Å². The molecule has 1 amide bonds. The van der Waals surface area contributed by atoms with E-state index >= 15 is 0 Å². The van der Waals surface area contributed by atoms with Crippen LogP contribution in [0.4, 0.5) is 16.2 Å². The van der Waals surface area contributed by atoms with Crippen LogP contribution in [-0.4, -0.2) is 30.8 Å². The molecule has 0 aliphatic heterocycles. The van der Waals surface area contributed by atoms with E-state index in [-0.39, 0.29) is 12.4 Å². The summed E-state index contributed by atoms with van der Waals surface area (Å²) in [4.78, 5) is 22.9. The number of anilines is 2. The number of nitrogens with one attached hydrogen (secondary N) is 2. The summed E-state index contributed by atoms with van der Waals surface area (Å²) in [7, 11) is 0. The Bertz CT molecular complexity index is 509. The lowest BCUT2D eigenvalue weighted by Gasteiger charge is -2.19. The van der Waals surface area contributed by atoms with Gasteiger partial charge < -0.3 is 14.8 Å². The summed E-state index contributed by atoms with van der Waals surface area (Å²) in [6, 6.07) is 7.19. The van der Waals surface area contributed by atoms with Crippen LogP contribution in [0.1, 0.15) is 34.1 Å². The minimum absolute atomic E-state index is 0.238. The van der Waals surface area contributed by atoms with Crippen LogP contribution in [0.15, 0.2) is 24.3 Å². The molecular weight excluding hydrogens is 284 g/mol. The fourth-order valence-electron chi connectivity index (χ4n) is 1.67. The Morgan fingerprint density at radius 3 is 2.50 bits per heavy atom. The fraction of sp³-hybridized carbons (Fsp3) is 0.500. The van der Waals surface area contributed by atoms with Crippen molar-refractivity contribution in [2.75, 3.05) is 23.8 Å². The minimum atomic E-state index is -0.542. The van der Waals surface area contributed by atoms with Crippen LogP contribution in [0.3, 0.4) is 0 Å². The van der Waals surface area contributed by atoms with Crippen molar-refractivity contribution in [1.82, 2.24) is 0 Å². The number of carbonyl (C=O) groups excluding carboxylic acids is 2. The first-order valence-electron chi connectivity index (χ1n) is 7.29. The van der Waals surface area contributed by atoms with Gasteiger partial charge in [0.05, 0.1) is 13.0 Å². The third kappa shape index (κ3) is 7.52. The molecule has 0 spiro atoms. The van der Waals surface area contributed by atoms with Crippen molar-refractivity contribution in [3.8, 4) is 0 Å².